The van der Waals surface area contributed by atoms with Crippen LogP contribution >= 0.6 is 0 Å². The zero-order valence-electron chi connectivity index (χ0n) is 16.7. The van der Waals surface area contributed by atoms with Crippen molar-refractivity contribution in [1.29, 1.82) is 0 Å². The van der Waals surface area contributed by atoms with Gasteiger partial charge in [0.2, 0.25) is 0 Å². The molecule has 7 nitrogen and oxygen atoms in total. The van der Waals surface area contributed by atoms with Gasteiger partial charge >= 0.3 is 0 Å². The first kappa shape index (κ1) is 20.5. The molecular formula is C21H32N4O3. The molecule has 2 aromatic heterocycles. The van der Waals surface area contributed by atoms with E-state index in [-0.39, 0.29) is 6.04 Å². The average Bonchev–Trinajstić information content (AvgIpc) is 3.44. The van der Waals surface area contributed by atoms with Crippen molar-refractivity contribution in [2.75, 3.05) is 39.8 Å². The molecule has 0 amide bonds. The molecule has 0 aromatic carbocycles. The van der Waals surface area contributed by atoms with Crippen LogP contribution in [-0.2, 0) is 11.3 Å². The van der Waals surface area contributed by atoms with Crippen molar-refractivity contribution in [2.45, 2.75) is 38.3 Å². The van der Waals surface area contributed by atoms with E-state index >= 15 is 0 Å². The summed E-state index contributed by atoms with van der Waals surface area (Å²) in [5, 5.41) is 6.80. The molecule has 0 aliphatic carbocycles. The maximum absolute atomic E-state index is 5.70. The minimum Gasteiger partial charge on any atom is -0.468 e. The molecule has 1 saturated heterocycles. The van der Waals surface area contributed by atoms with Crippen LogP contribution in [0.2, 0.25) is 0 Å². The highest BCUT2D eigenvalue weighted by Gasteiger charge is 2.24. The predicted molar refractivity (Wildman–Crippen MR) is 109 cm³/mol. The Morgan fingerprint density at radius 3 is 2.68 bits per heavy atom. The highest BCUT2D eigenvalue weighted by Crippen LogP contribution is 2.24. The average molecular weight is 389 g/mol. The third kappa shape index (κ3) is 6.42. The van der Waals surface area contributed by atoms with E-state index in [1.807, 2.05) is 18.2 Å². The summed E-state index contributed by atoms with van der Waals surface area (Å²) in [7, 11) is 1.80. The van der Waals surface area contributed by atoms with E-state index in [1.54, 1.807) is 19.6 Å². The molecule has 7 heteroatoms. The van der Waals surface area contributed by atoms with E-state index in [9.17, 15) is 0 Å². The molecule has 3 rings (SSSR count). The van der Waals surface area contributed by atoms with Crippen LogP contribution in [-0.4, -0.2) is 50.7 Å². The lowest BCUT2D eigenvalue weighted by molar-refractivity contribution is 0.105. The number of piperidine rings is 1. The molecule has 3 heterocycles. The molecule has 0 saturated carbocycles. The van der Waals surface area contributed by atoms with E-state index in [1.165, 1.54) is 19.3 Å². The van der Waals surface area contributed by atoms with Gasteiger partial charge in [-0.1, -0.05) is 6.42 Å². The van der Waals surface area contributed by atoms with Gasteiger partial charge in [0, 0.05) is 26.7 Å². The second-order valence-corrected chi connectivity index (χ2v) is 6.99. The Morgan fingerprint density at radius 1 is 1.14 bits per heavy atom. The molecule has 2 aromatic rings. The minimum absolute atomic E-state index is 0.227. The fourth-order valence-corrected chi connectivity index (χ4v) is 3.48. The van der Waals surface area contributed by atoms with Crippen LogP contribution in [0.15, 0.2) is 50.6 Å². The summed E-state index contributed by atoms with van der Waals surface area (Å²) in [5.74, 6) is 2.67. The van der Waals surface area contributed by atoms with E-state index in [4.69, 9.17) is 13.6 Å². The van der Waals surface area contributed by atoms with E-state index in [0.717, 1.165) is 50.1 Å². The van der Waals surface area contributed by atoms with Crippen molar-refractivity contribution in [2.24, 2.45) is 4.99 Å². The summed E-state index contributed by atoms with van der Waals surface area (Å²) in [6, 6.07) is 8.04. The smallest absolute Gasteiger partial charge is 0.191 e. The molecule has 0 radical (unpaired) electrons. The molecule has 1 aliphatic heterocycles. The van der Waals surface area contributed by atoms with Gasteiger partial charge in [-0.3, -0.25) is 9.89 Å². The van der Waals surface area contributed by atoms with Crippen LogP contribution in [0.5, 0.6) is 0 Å². The van der Waals surface area contributed by atoms with Crippen LogP contribution in [0.3, 0.4) is 0 Å². The van der Waals surface area contributed by atoms with Crippen molar-refractivity contribution in [1.82, 2.24) is 15.5 Å². The van der Waals surface area contributed by atoms with Crippen molar-refractivity contribution >= 4 is 5.96 Å². The third-order valence-corrected chi connectivity index (χ3v) is 4.97. The first-order valence-corrected chi connectivity index (χ1v) is 10.2. The Bertz CT molecular complexity index is 664. The number of guanidine groups is 1. The lowest BCUT2D eigenvalue weighted by Gasteiger charge is -2.33. The van der Waals surface area contributed by atoms with E-state index in [0.29, 0.717) is 13.2 Å². The fraction of sp³-hybridized carbons (Fsp3) is 0.571. The standard InChI is InChI=1S/C21H32N4O3/c1-22-21(23-10-7-13-26-17-18-8-5-14-27-18)24-16-19(20-9-6-15-28-20)25-11-3-2-4-12-25/h5-6,8-9,14-15,19H,2-4,7,10-13,16-17H2,1H3,(H2,22,23,24). The van der Waals surface area contributed by atoms with Gasteiger partial charge in [-0.15, -0.1) is 0 Å². The predicted octanol–water partition coefficient (Wildman–Crippen LogP) is 3.17. The van der Waals surface area contributed by atoms with Crippen molar-refractivity contribution in [3.8, 4) is 0 Å². The van der Waals surface area contributed by atoms with E-state index in [2.05, 4.69) is 26.6 Å². The van der Waals surface area contributed by atoms with E-state index < -0.39 is 0 Å². The van der Waals surface area contributed by atoms with Crippen molar-refractivity contribution < 1.29 is 13.6 Å². The third-order valence-electron chi connectivity index (χ3n) is 4.97. The number of aliphatic imine (C=N–C) groups is 1. The number of nitrogens with one attached hydrogen (secondary N) is 2. The quantitative estimate of drug-likeness (QED) is 0.370. The zero-order valence-corrected chi connectivity index (χ0v) is 16.7. The number of nitrogens with zero attached hydrogens (tertiary/aromatic N) is 2. The highest BCUT2D eigenvalue weighted by atomic mass is 16.5. The summed E-state index contributed by atoms with van der Waals surface area (Å²) in [6.07, 6.45) is 8.14. The van der Waals surface area contributed by atoms with Crippen LogP contribution in [0.4, 0.5) is 0 Å². The van der Waals surface area contributed by atoms with Crippen molar-refractivity contribution in [3.63, 3.8) is 0 Å². The Kier molecular flexibility index (Phi) is 8.46. The fourth-order valence-electron chi connectivity index (χ4n) is 3.48. The molecule has 0 bridgehead atoms. The summed E-state index contributed by atoms with van der Waals surface area (Å²) >= 11 is 0. The van der Waals surface area contributed by atoms with Gasteiger partial charge in [0.25, 0.3) is 0 Å². The number of likely N-dealkylation sites (tertiary alicyclic amines) is 1. The molecular weight excluding hydrogens is 356 g/mol. The molecule has 1 atom stereocenters. The van der Waals surface area contributed by atoms with Crippen molar-refractivity contribution in [3.05, 3.63) is 48.3 Å². The number of hydrogen-bond donors (Lipinski definition) is 2. The van der Waals surface area contributed by atoms with Gasteiger partial charge in [-0.2, -0.15) is 0 Å². The number of ether oxygens (including phenoxy) is 1. The normalized spacial score (nSPS) is 16.8. The Labute approximate surface area is 167 Å². The Morgan fingerprint density at radius 2 is 1.96 bits per heavy atom. The van der Waals surface area contributed by atoms with Gasteiger partial charge in [-0.25, -0.2) is 0 Å². The number of furan rings is 2. The number of hydrogen-bond acceptors (Lipinski definition) is 5. The maximum Gasteiger partial charge on any atom is 0.191 e. The van der Waals surface area contributed by atoms with Gasteiger partial charge in [0.1, 0.15) is 18.1 Å². The van der Waals surface area contributed by atoms with Gasteiger partial charge in [-0.05, 0) is 56.6 Å². The maximum atomic E-state index is 5.70. The topological polar surface area (TPSA) is 75.2 Å². The largest absolute Gasteiger partial charge is 0.468 e. The first-order valence-electron chi connectivity index (χ1n) is 10.2. The van der Waals surface area contributed by atoms with Gasteiger partial charge < -0.3 is 24.2 Å². The van der Waals surface area contributed by atoms with Crippen LogP contribution in [0, 0.1) is 0 Å². The second-order valence-electron chi connectivity index (χ2n) is 6.99. The molecule has 2 N–H and O–H groups in total. The molecule has 1 unspecified atom stereocenters. The van der Waals surface area contributed by atoms with Crippen LogP contribution in [0.1, 0.15) is 43.2 Å². The summed E-state index contributed by atoms with van der Waals surface area (Å²) in [4.78, 5) is 6.84. The monoisotopic (exact) mass is 388 g/mol. The molecule has 1 aliphatic rings. The molecule has 28 heavy (non-hydrogen) atoms. The summed E-state index contributed by atoms with van der Waals surface area (Å²) < 4.78 is 16.6. The van der Waals surface area contributed by atoms with Gasteiger partial charge in [0.05, 0.1) is 18.6 Å². The minimum atomic E-state index is 0.227. The van der Waals surface area contributed by atoms with Gasteiger partial charge in [0.15, 0.2) is 5.96 Å². The van der Waals surface area contributed by atoms with Crippen LogP contribution in [0.25, 0.3) is 0 Å². The Balaban J connectivity index is 1.37. The summed E-state index contributed by atoms with van der Waals surface area (Å²) in [6.45, 7) is 4.99. The summed E-state index contributed by atoms with van der Waals surface area (Å²) in [5.41, 5.74) is 0. The molecule has 154 valence electrons. The lowest BCUT2D eigenvalue weighted by atomic mass is 10.1. The second kappa shape index (κ2) is 11.6. The molecule has 0 spiro atoms. The zero-order chi connectivity index (χ0) is 19.4. The SMILES string of the molecule is CN=C(NCCCOCc1ccco1)NCC(c1ccco1)N1CCCCC1. The number of rotatable bonds is 10. The lowest BCUT2D eigenvalue weighted by Crippen LogP contribution is -2.44. The Hall–Kier alpha value is -2.25. The highest BCUT2D eigenvalue weighted by molar-refractivity contribution is 5.79. The van der Waals surface area contributed by atoms with Crippen LogP contribution < -0.4 is 10.6 Å². The molecule has 1 fully saturated rings. The first-order chi connectivity index (χ1) is 13.9.